The van der Waals surface area contributed by atoms with Crippen LogP contribution in [0.25, 0.3) is 0 Å². The predicted molar refractivity (Wildman–Crippen MR) is 98.9 cm³/mol. The van der Waals surface area contributed by atoms with E-state index in [1.807, 2.05) is 31.2 Å². The summed E-state index contributed by atoms with van der Waals surface area (Å²) in [6, 6.07) is 14.2. The number of carbonyl (C=O) groups is 2. The molecule has 0 aliphatic heterocycles. The van der Waals surface area contributed by atoms with Crippen LogP contribution in [0.3, 0.4) is 0 Å². The fourth-order valence-corrected chi connectivity index (χ4v) is 2.31. The van der Waals surface area contributed by atoms with Gasteiger partial charge in [-0.3, -0.25) is 4.79 Å². The Hall–Kier alpha value is -3.02. The number of anilines is 1. The molecule has 0 radical (unpaired) electrons. The van der Waals surface area contributed by atoms with Gasteiger partial charge in [0.15, 0.2) is 6.61 Å². The number of aliphatic carboxylic acids is 1. The molecule has 0 spiro atoms. The molecular weight excluding hydrogens is 334 g/mol. The zero-order chi connectivity index (χ0) is 18.9. The second kappa shape index (κ2) is 9.46. The van der Waals surface area contributed by atoms with Crippen LogP contribution in [0, 0.1) is 0 Å². The summed E-state index contributed by atoms with van der Waals surface area (Å²) in [7, 11) is 1.70. The fraction of sp³-hybridized carbons (Fsp3) is 0.300. The summed E-state index contributed by atoms with van der Waals surface area (Å²) >= 11 is 0. The maximum atomic E-state index is 12.5. The van der Waals surface area contributed by atoms with Crippen LogP contribution in [-0.2, 0) is 16.0 Å². The van der Waals surface area contributed by atoms with Gasteiger partial charge in [-0.1, -0.05) is 19.1 Å². The standard InChI is InChI=1S/C20H23NO5/c1-3-11-25-18-6-4-5-15(12-18)13-19(22)21(2)16-7-9-17(10-8-16)26-14-20(23)24/h4-10,12H,3,11,13-14H2,1-2H3,(H,23,24). The molecule has 6 heteroatoms. The molecule has 138 valence electrons. The van der Waals surface area contributed by atoms with Crippen LogP contribution in [0.4, 0.5) is 5.69 Å². The first-order chi connectivity index (χ1) is 12.5. The van der Waals surface area contributed by atoms with Gasteiger partial charge in [-0.25, -0.2) is 4.79 Å². The highest BCUT2D eigenvalue weighted by atomic mass is 16.5. The van der Waals surface area contributed by atoms with Crippen molar-refractivity contribution < 1.29 is 24.2 Å². The van der Waals surface area contributed by atoms with Crippen LogP contribution in [-0.4, -0.2) is 37.2 Å². The number of carbonyl (C=O) groups excluding carboxylic acids is 1. The van der Waals surface area contributed by atoms with E-state index in [0.717, 1.165) is 17.7 Å². The van der Waals surface area contributed by atoms with E-state index in [1.165, 1.54) is 0 Å². The second-order valence-electron chi connectivity index (χ2n) is 5.80. The minimum Gasteiger partial charge on any atom is -0.494 e. The Morgan fingerprint density at radius 1 is 1.04 bits per heavy atom. The number of benzene rings is 2. The van der Waals surface area contributed by atoms with E-state index in [-0.39, 0.29) is 12.3 Å². The van der Waals surface area contributed by atoms with E-state index >= 15 is 0 Å². The minimum absolute atomic E-state index is 0.0585. The lowest BCUT2D eigenvalue weighted by Crippen LogP contribution is -2.27. The van der Waals surface area contributed by atoms with Crippen molar-refractivity contribution in [3.63, 3.8) is 0 Å². The summed E-state index contributed by atoms with van der Waals surface area (Å²) < 4.78 is 10.7. The molecule has 2 aromatic carbocycles. The zero-order valence-electron chi connectivity index (χ0n) is 15.0. The van der Waals surface area contributed by atoms with Gasteiger partial charge in [0, 0.05) is 12.7 Å². The van der Waals surface area contributed by atoms with Crippen molar-refractivity contribution in [2.75, 3.05) is 25.2 Å². The van der Waals surface area contributed by atoms with Crippen LogP contribution >= 0.6 is 0 Å². The van der Waals surface area contributed by atoms with Crippen molar-refractivity contribution in [3.8, 4) is 11.5 Å². The smallest absolute Gasteiger partial charge is 0.341 e. The van der Waals surface area contributed by atoms with Gasteiger partial charge >= 0.3 is 5.97 Å². The first-order valence-electron chi connectivity index (χ1n) is 8.42. The summed E-state index contributed by atoms with van der Waals surface area (Å²) in [4.78, 5) is 24.6. The molecule has 0 fully saturated rings. The Labute approximate surface area is 153 Å². The van der Waals surface area contributed by atoms with Crippen LogP contribution < -0.4 is 14.4 Å². The molecule has 0 atom stereocenters. The lowest BCUT2D eigenvalue weighted by atomic mass is 10.1. The average molecular weight is 357 g/mol. The average Bonchev–Trinajstić information content (AvgIpc) is 2.64. The number of nitrogens with zero attached hydrogens (tertiary/aromatic N) is 1. The maximum Gasteiger partial charge on any atom is 0.341 e. The molecule has 0 aromatic heterocycles. The molecular formula is C20H23NO5. The van der Waals surface area contributed by atoms with Crippen LogP contribution in [0.2, 0.25) is 0 Å². The van der Waals surface area contributed by atoms with Gasteiger partial charge in [0.25, 0.3) is 0 Å². The number of likely N-dealkylation sites (N-methyl/N-ethyl adjacent to an activating group) is 1. The molecule has 0 bridgehead atoms. The molecule has 1 amide bonds. The summed E-state index contributed by atoms with van der Waals surface area (Å²) in [5.74, 6) is 0.112. The second-order valence-corrected chi connectivity index (χ2v) is 5.80. The molecule has 26 heavy (non-hydrogen) atoms. The molecule has 0 aliphatic rings. The van der Waals surface area contributed by atoms with Crippen LogP contribution in [0.15, 0.2) is 48.5 Å². The number of carboxylic acids is 1. The molecule has 2 rings (SSSR count). The third-order valence-electron chi connectivity index (χ3n) is 3.69. The Bertz CT molecular complexity index is 742. The third kappa shape index (κ3) is 5.81. The Kier molecular flexibility index (Phi) is 7.02. The highest BCUT2D eigenvalue weighted by Gasteiger charge is 2.12. The van der Waals surface area contributed by atoms with E-state index in [1.54, 1.807) is 36.2 Å². The highest BCUT2D eigenvalue weighted by Crippen LogP contribution is 2.20. The minimum atomic E-state index is -1.04. The third-order valence-corrected chi connectivity index (χ3v) is 3.69. The summed E-state index contributed by atoms with van der Waals surface area (Å²) in [6.07, 6.45) is 1.19. The summed E-state index contributed by atoms with van der Waals surface area (Å²) in [5.41, 5.74) is 1.59. The van der Waals surface area contributed by atoms with Crippen molar-refractivity contribution in [2.45, 2.75) is 19.8 Å². The number of rotatable bonds is 9. The number of hydrogen-bond acceptors (Lipinski definition) is 4. The van der Waals surface area contributed by atoms with Gasteiger partial charge in [0.05, 0.1) is 13.0 Å². The van der Waals surface area contributed by atoms with Gasteiger partial charge in [-0.2, -0.15) is 0 Å². The van der Waals surface area contributed by atoms with Crippen molar-refractivity contribution in [2.24, 2.45) is 0 Å². The van der Waals surface area contributed by atoms with Crippen molar-refractivity contribution in [1.29, 1.82) is 0 Å². The molecule has 0 saturated carbocycles. The van der Waals surface area contributed by atoms with Crippen LogP contribution in [0.5, 0.6) is 11.5 Å². The van der Waals surface area contributed by atoms with Crippen molar-refractivity contribution in [3.05, 3.63) is 54.1 Å². The number of amides is 1. The molecule has 0 unspecified atom stereocenters. The predicted octanol–water partition coefficient (Wildman–Crippen LogP) is 3.14. The monoisotopic (exact) mass is 357 g/mol. The van der Waals surface area contributed by atoms with E-state index in [0.29, 0.717) is 18.0 Å². The number of ether oxygens (including phenoxy) is 2. The Balaban J connectivity index is 1.97. The Morgan fingerprint density at radius 2 is 1.77 bits per heavy atom. The van der Waals surface area contributed by atoms with Gasteiger partial charge in [-0.15, -0.1) is 0 Å². The topological polar surface area (TPSA) is 76.1 Å². The molecule has 2 aromatic rings. The number of hydrogen-bond donors (Lipinski definition) is 1. The highest BCUT2D eigenvalue weighted by molar-refractivity contribution is 5.94. The first kappa shape index (κ1) is 19.3. The molecule has 0 saturated heterocycles. The lowest BCUT2D eigenvalue weighted by Gasteiger charge is -2.18. The van der Waals surface area contributed by atoms with Gasteiger partial charge in [-0.05, 0) is 48.4 Å². The van der Waals surface area contributed by atoms with E-state index < -0.39 is 12.6 Å². The lowest BCUT2D eigenvalue weighted by molar-refractivity contribution is -0.139. The number of carboxylic acid groups (broad SMARTS) is 1. The SMILES string of the molecule is CCCOc1cccc(CC(=O)N(C)c2ccc(OCC(=O)O)cc2)c1. The molecule has 1 N–H and O–H groups in total. The molecule has 6 nitrogen and oxygen atoms in total. The fourth-order valence-electron chi connectivity index (χ4n) is 2.31. The maximum absolute atomic E-state index is 12.5. The van der Waals surface area contributed by atoms with E-state index in [2.05, 4.69) is 0 Å². The van der Waals surface area contributed by atoms with Gasteiger partial charge in [0.2, 0.25) is 5.91 Å². The summed E-state index contributed by atoms with van der Waals surface area (Å²) in [6.45, 7) is 2.29. The Morgan fingerprint density at radius 3 is 2.42 bits per heavy atom. The summed E-state index contributed by atoms with van der Waals surface area (Å²) in [5, 5.41) is 8.61. The van der Waals surface area contributed by atoms with Gasteiger partial charge < -0.3 is 19.5 Å². The van der Waals surface area contributed by atoms with Gasteiger partial charge in [0.1, 0.15) is 11.5 Å². The molecule has 0 aliphatic carbocycles. The largest absolute Gasteiger partial charge is 0.494 e. The normalized spacial score (nSPS) is 10.2. The quantitative estimate of drug-likeness (QED) is 0.746. The van der Waals surface area contributed by atoms with E-state index in [4.69, 9.17) is 14.6 Å². The van der Waals surface area contributed by atoms with E-state index in [9.17, 15) is 9.59 Å². The van der Waals surface area contributed by atoms with Crippen molar-refractivity contribution in [1.82, 2.24) is 0 Å². The van der Waals surface area contributed by atoms with Crippen molar-refractivity contribution >= 4 is 17.6 Å². The zero-order valence-corrected chi connectivity index (χ0v) is 15.0. The molecule has 0 heterocycles. The van der Waals surface area contributed by atoms with Crippen LogP contribution in [0.1, 0.15) is 18.9 Å². The first-order valence-corrected chi connectivity index (χ1v) is 8.42.